The minimum atomic E-state index is -0.594. The van der Waals surface area contributed by atoms with Gasteiger partial charge in [0.25, 0.3) is 0 Å². The largest absolute Gasteiger partial charge is 0.468 e. The number of aliphatic hydroxyl groups is 1. The SMILES string of the molecule is C#CCOCC(O)CN(Cc1ccco1)Cc1cccn1C. The molecule has 0 fully saturated rings. The zero-order valence-electron chi connectivity index (χ0n) is 12.8. The van der Waals surface area contributed by atoms with E-state index in [1.54, 1.807) is 6.26 Å². The Morgan fingerprint density at radius 3 is 2.91 bits per heavy atom. The second kappa shape index (κ2) is 8.44. The molecule has 5 heteroatoms. The molecule has 0 bridgehead atoms. The number of furan rings is 1. The van der Waals surface area contributed by atoms with Crippen LogP contribution in [0, 0.1) is 12.3 Å². The summed E-state index contributed by atoms with van der Waals surface area (Å²) in [5, 5.41) is 10.1. The lowest BCUT2D eigenvalue weighted by Crippen LogP contribution is -2.34. The van der Waals surface area contributed by atoms with E-state index in [0.717, 1.165) is 12.3 Å². The molecular formula is C17H22N2O3. The summed E-state index contributed by atoms with van der Waals surface area (Å²) in [5.41, 5.74) is 1.17. The molecule has 0 saturated heterocycles. The van der Waals surface area contributed by atoms with Gasteiger partial charge in [0.2, 0.25) is 0 Å². The van der Waals surface area contributed by atoms with E-state index >= 15 is 0 Å². The van der Waals surface area contributed by atoms with Gasteiger partial charge in [0, 0.05) is 32.0 Å². The Bertz CT molecular complexity index is 583. The molecule has 22 heavy (non-hydrogen) atoms. The van der Waals surface area contributed by atoms with Crippen LogP contribution in [-0.2, 0) is 24.9 Å². The van der Waals surface area contributed by atoms with Crippen molar-refractivity contribution in [2.45, 2.75) is 19.2 Å². The summed E-state index contributed by atoms with van der Waals surface area (Å²) in [6.45, 7) is 2.27. The van der Waals surface area contributed by atoms with Crippen molar-refractivity contribution in [3.63, 3.8) is 0 Å². The zero-order valence-corrected chi connectivity index (χ0v) is 12.8. The van der Waals surface area contributed by atoms with Crippen molar-refractivity contribution >= 4 is 0 Å². The molecule has 0 radical (unpaired) electrons. The van der Waals surface area contributed by atoms with Crippen LogP contribution in [0.4, 0.5) is 0 Å². The van der Waals surface area contributed by atoms with E-state index in [4.69, 9.17) is 15.6 Å². The summed E-state index contributed by atoms with van der Waals surface area (Å²) in [5.74, 6) is 3.26. The molecule has 0 aliphatic carbocycles. The van der Waals surface area contributed by atoms with Gasteiger partial charge in [-0.15, -0.1) is 6.42 Å². The smallest absolute Gasteiger partial charge is 0.117 e. The molecule has 5 nitrogen and oxygen atoms in total. The molecular weight excluding hydrogens is 280 g/mol. The van der Waals surface area contributed by atoms with Crippen LogP contribution >= 0.6 is 0 Å². The number of aryl methyl sites for hydroxylation is 1. The summed E-state index contributed by atoms with van der Waals surface area (Å²) < 4.78 is 12.7. The van der Waals surface area contributed by atoms with Gasteiger partial charge in [0.15, 0.2) is 0 Å². The molecule has 2 aromatic heterocycles. The maximum atomic E-state index is 10.1. The highest BCUT2D eigenvalue weighted by atomic mass is 16.5. The monoisotopic (exact) mass is 302 g/mol. The van der Waals surface area contributed by atoms with Crippen molar-refractivity contribution in [3.05, 3.63) is 48.2 Å². The summed E-state index contributed by atoms with van der Waals surface area (Å²) in [6.07, 6.45) is 8.20. The van der Waals surface area contributed by atoms with Gasteiger partial charge in [0.1, 0.15) is 12.4 Å². The molecule has 0 amide bonds. The van der Waals surface area contributed by atoms with Crippen molar-refractivity contribution < 1.29 is 14.3 Å². The van der Waals surface area contributed by atoms with Crippen molar-refractivity contribution in [1.82, 2.24) is 9.47 Å². The molecule has 2 heterocycles. The first kappa shape index (κ1) is 16.4. The van der Waals surface area contributed by atoms with E-state index in [2.05, 4.69) is 21.5 Å². The molecule has 2 rings (SSSR count). The second-order valence-electron chi connectivity index (χ2n) is 5.23. The number of aliphatic hydroxyl groups excluding tert-OH is 1. The Kier molecular flexibility index (Phi) is 6.28. The molecule has 1 unspecified atom stereocenters. The van der Waals surface area contributed by atoms with Crippen LogP contribution in [0.2, 0.25) is 0 Å². The van der Waals surface area contributed by atoms with Gasteiger partial charge in [-0.1, -0.05) is 5.92 Å². The lowest BCUT2D eigenvalue weighted by atomic mass is 10.3. The first-order chi connectivity index (χ1) is 10.7. The van der Waals surface area contributed by atoms with Crippen molar-refractivity contribution in [3.8, 4) is 12.3 Å². The number of aromatic nitrogens is 1. The second-order valence-corrected chi connectivity index (χ2v) is 5.23. The number of hydrogen-bond donors (Lipinski definition) is 1. The lowest BCUT2D eigenvalue weighted by Gasteiger charge is -2.24. The van der Waals surface area contributed by atoms with E-state index < -0.39 is 6.10 Å². The highest BCUT2D eigenvalue weighted by Gasteiger charge is 2.15. The van der Waals surface area contributed by atoms with E-state index in [0.29, 0.717) is 13.1 Å². The summed E-state index contributed by atoms with van der Waals surface area (Å²) in [6, 6.07) is 7.87. The van der Waals surface area contributed by atoms with Crippen LogP contribution in [0.1, 0.15) is 11.5 Å². The molecule has 1 atom stereocenters. The fourth-order valence-electron chi connectivity index (χ4n) is 2.30. The average molecular weight is 302 g/mol. The third kappa shape index (κ3) is 5.08. The van der Waals surface area contributed by atoms with Crippen LogP contribution < -0.4 is 0 Å². The zero-order chi connectivity index (χ0) is 15.8. The molecule has 0 aromatic carbocycles. The standard InChI is InChI=1S/C17H22N2O3/c1-3-9-21-14-16(20)12-19(13-17-7-5-10-22-17)11-15-6-4-8-18(15)2/h1,4-8,10,16,20H,9,11-14H2,2H3. The maximum absolute atomic E-state index is 10.1. The van der Waals surface area contributed by atoms with Crippen molar-refractivity contribution in [2.24, 2.45) is 7.05 Å². The molecule has 2 aromatic rings. The molecule has 1 N–H and O–H groups in total. The van der Waals surface area contributed by atoms with Crippen LogP contribution in [0.25, 0.3) is 0 Å². The third-order valence-electron chi connectivity index (χ3n) is 3.36. The van der Waals surface area contributed by atoms with Crippen molar-refractivity contribution in [2.75, 3.05) is 19.8 Å². The molecule has 0 aliphatic rings. The highest BCUT2D eigenvalue weighted by Crippen LogP contribution is 2.11. The predicted molar refractivity (Wildman–Crippen MR) is 83.9 cm³/mol. The van der Waals surface area contributed by atoms with Gasteiger partial charge in [0.05, 0.1) is 25.5 Å². The van der Waals surface area contributed by atoms with E-state index in [1.165, 1.54) is 5.69 Å². The topological polar surface area (TPSA) is 50.8 Å². The Hall–Kier alpha value is -2.00. The average Bonchev–Trinajstić information content (AvgIpc) is 3.12. The van der Waals surface area contributed by atoms with Gasteiger partial charge in [-0.25, -0.2) is 0 Å². The maximum Gasteiger partial charge on any atom is 0.117 e. The quantitative estimate of drug-likeness (QED) is 0.565. The molecule has 0 saturated carbocycles. The minimum absolute atomic E-state index is 0.215. The third-order valence-corrected chi connectivity index (χ3v) is 3.36. The highest BCUT2D eigenvalue weighted by molar-refractivity contribution is 5.07. The Balaban J connectivity index is 1.95. The van der Waals surface area contributed by atoms with Gasteiger partial charge < -0.3 is 18.8 Å². The molecule has 0 aliphatic heterocycles. The van der Waals surface area contributed by atoms with Gasteiger partial charge in [-0.3, -0.25) is 4.90 Å². The predicted octanol–water partition coefficient (Wildman–Crippen LogP) is 1.63. The lowest BCUT2D eigenvalue weighted by molar-refractivity contribution is 0.0226. The normalized spacial score (nSPS) is 12.5. The number of terminal acetylenes is 1. The minimum Gasteiger partial charge on any atom is -0.468 e. The number of rotatable bonds is 9. The van der Waals surface area contributed by atoms with E-state index in [1.807, 2.05) is 31.4 Å². The summed E-state index contributed by atoms with van der Waals surface area (Å²) >= 11 is 0. The number of ether oxygens (including phenoxy) is 1. The summed E-state index contributed by atoms with van der Waals surface area (Å²) in [4.78, 5) is 2.12. The van der Waals surface area contributed by atoms with E-state index in [9.17, 15) is 5.11 Å². The molecule has 118 valence electrons. The van der Waals surface area contributed by atoms with Crippen molar-refractivity contribution in [1.29, 1.82) is 0 Å². The van der Waals surface area contributed by atoms with Gasteiger partial charge >= 0.3 is 0 Å². The number of nitrogens with zero attached hydrogens (tertiary/aromatic N) is 2. The fourth-order valence-corrected chi connectivity index (χ4v) is 2.30. The van der Waals surface area contributed by atoms with Crippen LogP contribution in [-0.4, -0.2) is 40.4 Å². The van der Waals surface area contributed by atoms with E-state index in [-0.39, 0.29) is 13.2 Å². The van der Waals surface area contributed by atoms with Gasteiger partial charge in [-0.2, -0.15) is 0 Å². The first-order valence-corrected chi connectivity index (χ1v) is 7.23. The Morgan fingerprint density at radius 2 is 2.27 bits per heavy atom. The molecule has 0 spiro atoms. The Labute approximate surface area is 131 Å². The van der Waals surface area contributed by atoms with Crippen LogP contribution in [0.5, 0.6) is 0 Å². The fraction of sp³-hybridized carbons (Fsp3) is 0.412. The summed E-state index contributed by atoms with van der Waals surface area (Å²) in [7, 11) is 2.01. The number of hydrogen-bond acceptors (Lipinski definition) is 4. The first-order valence-electron chi connectivity index (χ1n) is 7.23. The Morgan fingerprint density at radius 1 is 1.41 bits per heavy atom. The van der Waals surface area contributed by atoms with Gasteiger partial charge in [-0.05, 0) is 24.3 Å². The van der Waals surface area contributed by atoms with Crippen LogP contribution in [0.15, 0.2) is 41.1 Å². The van der Waals surface area contributed by atoms with Crippen LogP contribution in [0.3, 0.4) is 0 Å².